The number of nitrogens with two attached hydrogens (primary N) is 1. The fourth-order valence-corrected chi connectivity index (χ4v) is 0.867. The van der Waals surface area contributed by atoms with Crippen LogP contribution < -0.4 is 11.1 Å². The predicted octanol–water partition coefficient (Wildman–Crippen LogP) is 1.06. The quantitative estimate of drug-likeness (QED) is 0.588. The molecule has 1 atom stereocenters. The number of nitrogens with one attached hydrogen (secondary N) is 1. The second-order valence-electron chi connectivity index (χ2n) is 2.85. The zero-order valence-electron chi connectivity index (χ0n) is 7.12. The number of rotatable bonds is 3. The largest absolute Gasteiger partial charge is 0.399 e. The maximum absolute atomic E-state index is 8.98. The number of hydrogen-bond donors (Lipinski definition) is 3. The Morgan fingerprint density at radius 2 is 2.00 bits per heavy atom. The molecule has 0 amide bonds. The van der Waals surface area contributed by atoms with Crippen LogP contribution in [-0.2, 0) is 0 Å². The van der Waals surface area contributed by atoms with Crippen molar-refractivity contribution in [1.82, 2.24) is 0 Å². The van der Waals surface area contributed by atoms with Gasteiger partial charge in [0, 0.05) is 17.9 Å². The molecule has 0 unspecified atom stereocenters. The van der Waals surface area contributed by atoms with Crippen LogP contribution in [0, 0.1) is 0 Å². The smallest absolute Gasteiger partial charge is 0.0684 e. The lowest BCUT2D eigenvalue weighted by Crippen LogP contribution is -2.15. The van der Waals surface area contributed by atoms with Crippen LogP contribution >= 0.6 is 0 Å². The summed E-state index contributed by atoms with van der Waals surface area (Å²) in [6, 6.07) is 7.42. The average Bonchev–Trinajstić information content (AvgIpc) is 2.03. The molecule has 0 aliphatic carbocycles. The highest BCUT2D eigenvalue weighted by molar-refractivity contribution is 5.51. The number of benzene rings is 1. The van der Waals surface area contributed by atoms with Gasteiger partial charge in [0.25, 0.3) is 0 Å². The molecular formula is C9H14N2O. The lowest BCUT2D eigenvalue weighted by molar-refractivity contribution is 0.208. The van der Waals surface area contributed by atoms with E-state index in [-0.39, 0.29) is 6.10 Å². The van der Waals surface area contributed by atoms with Gasteiger partial charge < -0.3 is 16.2 Å². The standard InChI is InChI=1S/C9H14N2O/c1-7(12)6-11-9-4-2-8(10)3-5-9/h2-5,7,11-12H,6,10H2,1H3/t7-/m0/s1. The first-order valence-electron chi connectivity index (χ1n) is 3.96. The summed E-state index contributed by atoms with van der Waals surface area (Å²) in [5.74, 6) is 0. The molecule has 0 spiro atoms. The van der Waals surface area contributed by atoms with Gasteiger partial charge in [-0.1, -0.05) is 0 Å². The Morgan fingerprint density at radius 1 is 1.42 bits per heavy atom. The number of aliphatic hydroxyl groups excluding tert-OH is 1. The fraction of sp³-hybridized carbons (Fsp3) is 0.333. The van der Waals surface area contributed by atoms with Crippen LogP contribution in [0.4, 0.5) is 11.4 Å². The first-order chi connectivity index (χ1) is 5.68. The molecule has 1 aromatic carbocycles. The molecule has 1 rings (SSSR count). The fourth-order valence-electron chi connectivity index (χ4n) is 0.867. The molecule has 0 aliphatic rings. The number of hydrogen-bond acceptors (Lipinski definition) is 3. The maximum atomic E-state index is 8.98. The molecule has 0 bridgehead atoms. The van der Waals surface area contributed by atoms with Crippen molar-refractivity contribution in [3.8, 4) is 0 Å². The molecule has 0 heterocycles. The van der Waals surface area contributed by atoms with Crippen molar-refractivity contribution in [3.63, 3.8) is 0 Å². The summed E-state index contributed by atoms with van der Waals surface area (Å²) < 4.78 is 0. The third-order valence-corrected chi connectivity index (χ3v) is 1.51. The molecule has 1 aromatic rings. The summed E-state index contributed by atoms with van der Waals surface area (Å²) >= 11 is 0. The van der Waals surface area contributed by atoms with Crippen LogP contribution in [0.25, 0.3) is 0 Å². The van der Waals surface area contributed by atoms with Crippen molar-refractivity contribution >= 4 is 11.4 Å². The van der Waals surface area contributed by atoms with E-state index < -0.39 is 0 Å². The van der Waals surface area contributed by atoms with E-state index in [4.69, 9.17) is 10.8 Å². The highest BCUT2D eigenvalue weighted by Crippen LogP contribution is 2.09. The summed E-state index contributed by atoms with van der Waals surface area (Å²) in [4.78, 5) is 0. The van der Waals surface area contributed by atoms with E-state index in [1.54, 1.807) is 6.92 Å². The van der Waals surface area contributed by atoms with Gasteiger partial charge >= 0.3 is 0 Å². The van der Waals surface area contributed by atoms with E-state index in [9.17, 15) is 0 Å². The van der Waals surface area contributed by atoms with Gasteiger partial charge in [-0.25, -0.2) is 0 Å². The van der Waals surface area contributed by atoms with Gasteiger partial charge in [0.05, 0.1) is 6.10 Å². The van der Waals surface area contributed by atoms with E-state index in [2.05, 4.69) is 5.32 Å². The Balaban J connectivity index is 2.48. The van der Waals surface area contributed by atoms with E-state index in [1.165, 1.54) is 0 Å². The molecule has 0 radical (unpaired) electrons. The highest BCUT2D eigenvalue weighted by Gasteiger charge is 1.94. The minimum absolute atomic E-state index is 0.331. The topological polar surface area (TPSA) is 58.3 Å². The van der Waals surface area contributed by atoms with Gasteiger partial charge in [-0.2, -0.15) is 0 Å². The van der Waals surface area contributed by atoms with Gasteiger partial charge in [0.2, 0.25) is 0 Å². The summed E-state index contributed by atoms with van der Waals surface area (Å²) in [5.41, 5.74) is 7.23. The molecule has 3 heteroatoms. The van der Waals surface area contributed by atoms with Gasteiger partial charge in [-0.15, -0.1) is 0 Å². The minimum Gasteiger partial charge on any atom is -0.399 e. The van der Waals surface area contributed by atoms with E-state index >= 15 is 0 Å². The van der Waals surface area contributed by atoms with E-state index in [1.807, 2.05) is 24.3 Å². The Hall–Kier alpha value is -1.22. The minimum atomic E-state index is -0.331. The monoisotopic (exact) mass is 166 g/mol. The molecule has 0 aliphatic heterocycles. The van der Waals surface area contributed by atoms with Crippen LogP contribution in [0.15, 0.2) is 24.3 Å². The van der Waals surface area contributed by atoms with Crippen LogP contribution in [0.1, 0.15) is 6.92 Å². The Morgan fingerprint density at radius 3 is 2.50 bits per heavy atom. The molecule has 0 aromatic heterocycles. The van der Waals surface area contributed by atoms with E-state index in [0.29, 0.717) is 6.54 Å². The molecule has 4 N–H and O–H groups in total. The van der Waals surface area contributed by atoms with Crippen LogP contribution in [-0.4, -0.2) is 17.8 Å². The van der Waals surface area contributed by atoms with E-state index in [0.717, 1.165) is 11.4 Å². The second kappa shape index (κ2) is 3.97. The zero-order valence-corrected chi connectivity index (χ0v) is 7.12. The van der Waals surface area contributed by atoms with Gasteiger partial charge in [-0.3, -0.25) is 0 Å². The summed E-state index contributed by atoms with van der Waals surface area (Å²) in [7, 11) is 0. The molecule has 0 fully saturated rings. The van der Waals surface area contributed by atoms with Crippen LogP contribution in [0.5, 0.6) is 0 Å². The van der Waals surface area contributed by atoms with Gasteiger partial charge in [0.15, 0.2) is 0 Å². The molecular weight excluding hydrogens is 152 g/mol. The Bertz CT molecular complexity index is 231. The first kappa shape index (κ1) is 8.87. The normalized spacial score (nSPS) is 12.5. The third-order valence-electron chi connectivity index (χ3n) is 1.51. The first-order valence-corrected chi connectivity index (χ1v) is 3.96. The number of anilines is 2. The van der Waals surface area contributed by atoms with Gasteiger partial charge in [0.1, 0.15) is 0 Å². The predicted molar refractivity (Wildman–Crippen MR) is 51.0 cm³/mol. The summed E-state index contributed by atoms with van der Waals surface area (Å²) in [6.07, 6.45) is -0.331. The Kier molecular flexibility index (Phi) is 2.94. The second-order valence-corrected chi connectivity index (χ2v) is 2.85. The lowest BCUT2D eigenvalue weighted by atomic mass is 10.3. The summed E-state index contributed by atoms with van der Waals surface area (Å²) in [6.45, 7) is 2.30. The Labute approximate surface area is 72.2 Å². The molecule has 3 nitrogen and oxygen atoms in total. The van der Waals surface area contributed by atoms with Crippen molar-refractivity contribution in [2.75, 3.05) is 17.6 Å². The van der Waals surface area contributed by atoms with Crippen LogP contribution in [0.2, 0.25) is 0 Å². The zero-order chi connectivity index (χ0) is 8.97. The SMILES string of the molecule is C[C@H](O)CNc1ccc(N)cc1. The van der Waals surface area contributed by atoms with Crippen LogP contribution in [0.3, 0.4) is 0 Å². The van der Waals surface area contributed by atoms with Gasteiger partial charge in [-0.05, 0) is 31.2 Å². The molecule has 0 saturated carbocycles. The average molecular weight is 166 g/mol. The highest BCUT2D eigenvalue weighted by atomic mass is 16.3. The maximum Gasteiger partial charge on any atom is 0.0684 e. The molecule has 66 valence electrons. The lowest BCUT2D eigenvalue weighted by Gasteiger charge is -2.07. The number of aliphatic hydroxyl groups is 1. The van der Waals surface area contributed by atoms with Crippen molar-refractivity contribution in [2.24, 2.45) is 0 Å². The van der Waals surface area contributed by atoms with Crippen molar-refractivity contribution in [1.29, 1.82) is 0 Å². The third kappa shape index (κ3) is 2.80. The molecule has 12 heavy (non-hydrogen) atoms. The van der Waals surface area contributed by atoms with Crippen molar-refractivity contribution < 1.29 is 5.11 Å². The van der Waals surface area contributed by atoms with Crippen molar-refractivity contribution in [2.45, 2.75) is 13.0 Å². The molecule has 0 saturated heterocycles. The summed E-state index contributed by atoms with van der Waals surface area (Å²) in [5, 5.41) is 12.0. The number of nitrogen functional groups attached to an aromatic ring is 1. The van der Waals surface area contributed by atoms with Crippen molar-refractivity contribution in [3.05, 3.63) is 24.3 Å².